The molecule has 0 spiro atoms. The topological polar surface area (TPSA) is 51.2 Å². The summed E-state index contributed by atoms with van der Waals surface area (Å²) >= 11 is 1.47. The van der Waals surface area contributed by atoms with E-state index in [0.29, 0.717) is 5.13 Å². The highest BCUT2D eigenvalue weighted by molar-refractivity contribution is 7.22. The van der Waals surface area contributed by atoms with Gasteiger partial charge in [-0.05, 0) is 35.7 Å². The zero-order valence-electron chi connectivity index (χ0n) is 15.5. The number of aryl methyl sites for hydroxylation is 1. The number of thiazole rings is 1. The van der Waals surface area contributed by atoms with Crippen LogP contribution in [0.15, 0.2) is 72.8 Å². The molecule has 5 heteroatoms. The molecule has 4 rings (SSSR count). The van der Waals surface area contributed by atoms with Crippen LogP contribution in [0.1, 0.15) is 16.7 Å². The molecule has 1 heterocycles. The number of hydrogen-bond donors (Lipinski definition) is 1. The second kappa shape index (κ2) is 8.23. The van der Waals surface area contributed by atoms with Crippen molar-refractivity contribution in [3.63, 3.8) is 0 Å². The Bertz CT molecular complexity index is 1110. The molecule has 3 aromatic carbocycles. The number of benzene rings is 3. The second-order valence-electron chi connectivity index (χ2n) is 6.55. The van der Waals surface area contributed by atoms with E-state index >= 15 is 0 Å². The average Bonchev–Trinajstić information content (AvgIpc) is 3.12. The normalized spacial score (nSPS) is 10.8. The summed E-state index contributed by atoms with van der Waals surface area (Å²) in [7, 11) is 0. The Morgan fingerprint density at radius 3 is 2.61 bits per heavy atom. The number of hydrogen-bond acceptors (Lipinski definition) is 4. The van der Waals surface area contributed by atoms with Crippen LogP contribution in [0, 0.1) is 6.92 Å². The Morgan fingerprint density at radius 1 is 1.00 bits per heavy atom. The van der Waals surface area contributed by atoms with Crippen LogP contribution in [0.2, 0.25) is 0 Å². The Morgan fingerprint density at radius 2 is 1.79 bits per heavy atom. The molecule has 0 radical (unpaired) electrons. The average molecular weight is 388 g/mol. The Kier molecular flexibility index (Phi) is 5.35. The van der Waals surface area contributed by atoms with Gasteiger partial charge in [0.1, 0.15) is 5.75 Å². The molecule has 0 aliphatic carbocycles. The van der Waals surface area contributed by atoms with E-state index in [1.54, 1.807) is 0 Å². The molecule has 4 nitrogen and oxygen atoms in total. The first-order valence-electron chi connectivity index (χ1n) is 9.10. The largest absolute Gasteiger partial charge is 0.483 e. The maximum absolute atomic E-state index is 12.3. The Balaban J connectivity index is 1.41. The van der Waals surface area contributed by atoms with E-state index in [0.717, 1.165) is 33.5 Å². The number of para-hydroxylation sites is 2. The van der Waals surface area contributed by atoms with Crippen molar-refractivity contribution in [2.45, 2.75) is 13.3 Å². The minimum Gasteiger partial charge on any atom is -0.483 e. The zero-order chi connectivity index (χ0) is 19.3. The molecule has 1 N–H and O–H groups in total. The fraction of sp³-hybridized carbons (Fsp3) is 0.130. The third-order valence-electron chi connectivity index (χ3n) is 4.44. The standard InChI is InChI=1S/C23H20N2O2S/c1-16-8-7-13-20-22(16)25-23(28-20)24-21(26)15-27-19-12-6-5-11-18(19)14-17-9-3-2-4-10-17/h2-13H,14-15H2,1H3,(H,24,25,26). The molecule has 0 aliphatic heterocycles. The number of carbonyl (C=O) groups is 1. The van der Waals surface area contributed by atoms with Crippen LogP contribution >= 0.6 is 11.3 Å². The number of nitrogens with one attached hydrogen (secondary N) is 1. The van der Waals surface area contributed by atoms with Gasteiger partial charge in [-0.1, -0.05) is 72.0 Å². The van der Waals surface area contributed by atoms with Crippen molar-refractivity contribution >= 4 is 32.6 Å². The molecule has 1 amide bonds. The molecule has 0 saturated heterocycles. The molecule has 1 aromatic heterocycles. The molecule has 0 bridgehead atoms. The monoisotopic (exact) mass is 388 g/mol. The number of rotatable bonds is 6. The van der Waals surface area contributed by atoms with Crippen LogP contribution in [0.3, 0.4) is 0 Å². The highest BCUT2D eigenvalue weighted by Gasteiger charge is 2.11. The summed E-state index contributed by atoms with van der Waals surface area (Å²) < 4.78 is 6.87. The third kappa shape index (κ3) is 4.21. The fourth-order valence-electron chi connectivity index (χ4n) is 3.04. The van der Waals surface area contributed by atoms with Crippen molar-refractivity contribution in [3.8, 4) is 5.75 Å². The molecule has 28 heavy (non-hydrogen) atoms. The fourth-order valence-corrected chi connectivity index (χ4v) is 4.00. The number of carbonyl (C=O) groups excluding carboxylic acids is 1. The van der Waals surface area contributed by atoms with Crippen LogP contribution in [0.4, 0.5) is 5.13 Å². The van der Waals surface area contributed by atoms with Crippen molar-refractivity contribution in [1.29, 1.82) is 0 Å². The van der Waals surface area contributed by atoms with Gasteiger partial charge in [0.05, 0.1) is 10.2 Å². The van der Waals surface area contributed by atoms with E-state index in [2.05, 4.69) is 22.4 Å². The van der Waals surface area contributed by atoms with Crippen LogP contribution in [0.25, 0.3) is 10.2 Å². The van der Waals surface area contributed by atoms with Gasteiger partial charge in [-0.3, -0.25) is 10.1 Å². The Hall–Kier alpha value is -3.18. The highest BCUT2D eigenvalue weighted by Crippen LogP contribution is 2.28. The molecular formula is C23H20N2O2S. The first kappa shape index (κ1) is 18.2. The van der Waals surface area contributed by atoms with Crippen molar-refractivity contribution in [3.05, 3.63) is 89.5 Å². The number of amides is 1. The summed E-state index contributed by atoms with van der Waals surface area (Å²) in [6.07, 6.45) is 0.760. The minimum atomic E-state index is -0.216. The minimum absolute atomic E-state index is 0.0549. The molecule has 0 unspecified atom stereocenters. The summed E-state index contributed by atoms with van der Waals surface area (Å²) in [4.78, 5) is 16.9. The lowest BCUT2D eigenvalue weighted by Crippen LogP contribution is -2.20. The van der Waals surface area contributed by atoms with Crippen molar-refractivity contribution in [1.82, 2.24) is 4.98 Å². The molecule has 0 aliphatic rings. The maximum Gasteiger partial charge on any atom is 0.264 e. The summed E-state index contributed by atoms with van der Waals surface area (Å²) in [5.74, 6) is 0.507. The molecule has 0 atom stereocenters. The first-order valence-corrected chi connectivity index (χ1v) is 9.91. The number of aromatic nitrogens is 1. The SMILES string of the molecule is Cc1cccc2sc(NC(=O)COc3ccccc3Cc3ccccc3)nc12. The highest BCUT2D eigenvalue weighted by atomic mass is 32.1. The number of ether oxygens (including phenoxy) is 1. The summed E-state index contributed by atoms with van der Waals surface area (Å²) in [5.41, 5.74) is 4.28. The van der Waals surface area contributed by atoms with Crippen LogP contribution in [-0.4, -0.2) is 17.5 Å². The third-order valence-corrected chi connectivity index (χ3v) is 5.37. The van der Waals surface area contributed by atoms with Crippen molar-refractivity contribution in [2.24, 2.45) is 0 Å². The van der Waals surface area contributed by atoms with E-state index in [4.69, 9.17) is 4.74 Å². The van der Waals surface area contributed by atoms with Gasteiger partial charge < -0.3 is 4.74 Å². The first-order chi connectivity index (χ1) is 13.7. The maximum atomic E-state index is 12.3. The summed E-state index contributed by atoms with van der Waals surface area (Å²) in [5, 5.41) is 3.43. The smallest absolute Gasteiger partial charge is 0.264 e. The lowest BCUT2D eigenvalue weighted by Gasteiger charge is -2.11. The van der Waals surface area contributed by atoms with E-state index in [1.807, 2.05) is 67.6 Å². The Labute approximate surface area is 167 Å². The quantitative estimate of drug-likeness (QED) is 0.493. The van der Waals surface area contributed by atoms with E-state index < -0.39 is 0 Å². The van der Waals surface area contributed by atoms with Crippen LogP contribution in [0.5, 0.6) is 5.75 Å². The van der Waals surface area contributed by atoms with Crippen LogP contribution < -0.4 is 10.1 Å². The van der Waals surface area contributed by atoms with Gasteiger partial charge in [-0.25, -0.2) is 4.98 Å². The molecule has 0 saturated carbocycles. The van der Waals surface area contributed by atoms with Gasteiger partial charge in [0, 0.05) is 6.42 Å². The zero-order valence-corrected chi connectivity index (χ0v) is 16.3. The van der Waals surface area contributed by atoms with E-state index in [9.17, 15) is 4.79 Å². The van der Waals surface area contributed by atoms with Crippen LogP contribution in [-0.2, 0) is 11.2 Å². The van der Waals surface area contributed by atoms with Gasteiger partial charge in [-0.2, -0.15) is 0 Å². The predicted octanol–water partition coefficient (Wildman–Crippen LogP) is 5.21. The molecule has 140 valence electrons. The van der Waals surface area contributed by atoms with Gasteiger partial charge in [0.15, 0.2) is 11.7 Å². The van der Waals surface area contributed by atoms with Gasteiger partial charge in [-0.15, -0.1) is 0 Å². The van der Waals surface area contributed by atoms with E-state index in [1.165, 1.54) is 16.9 Å². The van der Waals surface area contributed by atoms with Crippen molar-refractivity contribution < 1.29 is 9.53 Å². The van der Waals surface area contributed by atoms with Gasteiger partial charge in [0.25, 0.3) is 5.91 Å². The number of fused-ring (bicyclic) bond motifs is 1. The van der Waals surface area contributed by atoms with Gasteiger partial charge >= 0.3 is 0 Å². The second-order valence-corrected chi connectivity index (χ2v) is 7.58. The lowest BCUT2D eigenvalue weighted by molar-refractivity contribution is -0.118. The van der Waals surface area contributed by atoms with Crippen molar-refractivity contribution in [2.75, 3.05) is 11.9 Å². The predicted molar refractivity (Wildman–Crippen MR) is 114 cm³/mol. The number of anilines is 1. The van der Waals surface area contributed by atoms with E-state index in [-0.39, 0.29) is 12.5 Å². The number of nitrogens with zero attached hydrogens (tertiary/aromatic N) is 1. The van der Waals surface area contributed by atoms with Gasteiger partial charge in [0.2, 0.25) is 0 Å². The summed E-state index contributed by atoms with van der Waals surface area (Å²) in [6.45, 7) is 1.96. The molecule has 0 fully saturated rings. The summed E-state index contributed by atoms with van der Waals surface area (Å²) in [6, 6.07) is 24.0. The lowest BCUT2D eigenvalue weighted by atomic mass is 10.0. The molecule has 4 aromatic rings. The molecular weight excluding hydrogens is 368 g/mol.